The molecule has 3 nitrogen and oxygen atoms in total. The van der Waals surface area contributed by atoms with Gasteiger partial charge in [0.2, 0.25) is 0 Å². The molecule has 0 heterocycles. The van der Waals surface area contributed by atoms with E-state index in [0.717, 1.165) is 44.0 Å². The highest BCUT2D eigenvalue weighted by molar-refractivity contribution is 5.01. The van der Waals surface area contributed by atoms with Gasteiger partial charge in [0, 0.05) is 19.6 Å². The maximum absolute atomic E-state index is 10.5. The van der Waals surface area contributed by atoms with Crippen molar-refractivity contribution in [2.75, 3.05) is 32.8 Å². The fourth-order valence-corrected chi connectivity index (χ4v) is 6.49. The first-order chi connectivity index (χ1) is 11.8. The van der Waals surface area contributed by atoms with Crippen molar-refractivity contribution in [3.05, 3.63) is 0 Å². The normalized spacial score (nSPS) is 35.3. The molecule has 4 fully saturated rings. The lowest BCUT2D eigenvalue weighted by molar-refractivity contribution is -0.107. The van der Waals surface area contributed by atoms with E-state index in [1.165, 1.54) is 38.5 Å². The molecule has 146 valence electrons. The Kier molecular flexibility index (Phi) is 6.50. The molecule has 1 N–H and O–H groups in total. The first-order valence-electron chi connectivity index (χ1n) is 10.8. The van der Waals surface area contributed by atoms with Gasteiger partial charge in [0.05, 0.1) is 19.3 Å². The van der Waals surface area contributed by atoms with Crippen molar-refractivity contribution in [1.82, 2.24) is 4.90 Å². The Labute approximate surface area is 155 Å². The third kappa shape index (κ3) is 5.43. The van der Waals surface area contributed by atoms with Gasteiger partial charge in [-0.15, -0.1) is 0 Å². The number of hydrogen-bond donors (Lipinski definition) is 1. The molecule has 0 aromatic heterocycles. The van der Waals surface area contributed by atoms with Crippen molar-refractivity contribution in [2.24, 2.45) is 35.0 Å². The summed E-state index contributed by atoms with van der Waals surface area (Å²) < 4.78 is 6.11. The maximum atomic E-state index is 10.5. The first kappa shape index (κ1) is 19.6. The van der Waals surface area contributed by atoms with Crippen LogP contribution in [0.15, 0.2) is 0 Å². The fraction of sp³-hybridized carbons (Fsp3) is 1.00. The summed E-state index contributed by atoms with van der Waals surface area (Å²) in [7, 11) is 0. The molecule has 0 unspecified atom stereocenters. The molecular weight excluding hydrogens is 310 g/mol. The summed E-state index contributed by atoms with van der Waals surface area (Å²) in [6.07, 6.45) is 8.28. The summed E-state index contributed by atoms with van der Waals surface area (Å²) in [5, 5.41) is 10.5. The average molecular weight is 352 g/mol. The van der Waals surface area contributed by atoms with E-state index in [9.17, 15) is 5.11 Å². The number of rotatable bonds is 10. The zero-order valence-corrected chi connectivity index (χ0v) is 17.0. The van der Waals surface area contributed by atoms with Crippen molar-refractivity contribution < 1.29 is 9.84 Å². The number of hydrogen-bond acceptors (Lipinski definition) is 3. The zero-order valence-electron chi connectivity index (χ0n) is 17.0. The van der Waals surface area contributed by atoms with Gasteiger partial charge >= 0.3 is 0 Å². The molecule has 4 aliphatic carbocycles. The summed E-state index contributed by atoms with van der Waals surface area (Å²) >= 11 is 0. The molecule has 1 atom stereocenters. The third-order valence-electron chi connectivity index (χ3n) is 6.60. The Morgan fingerprint density at radius 1 is 0.880 bits per heavy atom. The van der Waals surface area contributed by atoms with E-state index >= 15 is 0 Å². The fourth-order valence-electron chi connectivity index (χ4n) is 6.49. The van der Waals surface area contributed by atoms with Crippen LogP contribution in [0.25, 0.3) is 0 Å². The van der Waals surface area contributed by atoms with E-state index in [0.29, 0.717) is 23.9 Å². The van der Waals surface area contributed by atoms with Gasteiger partial charge in [-0.05, 0) is 73.5 Å². The van der Waals surface area contributed by atoms with Crippen LogP contribution in [0.1, 0.15) is 66.2 Å². The van der Waals surface area contributed by atoms with Crippen molar-refractivity contribution >= 4 is 0 Å². The monoisotopic (exact) mass is 351 g/mol. The molecule has 3 heteroatoms. The molecule has 0 aromatic carbocycles. The average Bonchev–Trinajstić information content (AvgIpc) is 2.43. The predicted molar refractivity (Wildman–Crippen MR) is 104 cm³/mol. The molecular formula is C22H41NO2. The van der Waals surface area contributed by atoms with Crippen molar-refractivity contribution in [2.45, 2.75) is 72.3 Å². The minimum Gasteiger partial charge on any atom is -0.389 e. The van der Waals surface area contributed by atoms with Crippen molar-refractivity contribution in [1.29, 1.82) is 0 Å². The van der Waals surface area contributed by atoms with Gasteiger partial charge in [-0.2, -0.15) is 0 Å². The molecule has 4 bridgehead atoms. The van der Waals surface area contributed by atoms with E-state index in [2.05, 4.69) is 32.6 Å². The molecule has 0 spiro atoms. The standard InChI is InChI=1S/C22H41NO2/c1-16(2)11-23(12-17(3)4)13-21(24)14-25-15-22-8-18-5-19(9-22)7-20(6-18)10-22/h16-21,24H,5-15H2,1-4H3/t18?,19?,20?,21-,22?/m0/s1. The molecule has 4 aliphatic rings. The maximum Gasteiger partial charge on any atom is 0.0900 e. The SMILES string of the molecule is CC(C)CN(CC(C)C)C[C@H](O)COCC12CC3CC(CC(C3)C1)C2. The van der Waals surface area contributed by atoms with E-state index in [-0.39, 0.29) is 6.10 Å². The number of ether oxygens (including phenoxy) is 1. The van der Waals surface area contributed by atoms with Gasteiger partial charge in [-0.25, -0.2) is 0 Å². The van der Waals surface area contributed by atoms with Crippen LogP contribution in [-0.2, 0) is 4.74 Å². The number of nitrogens with zero attached hydrogens (tertiary/aromatic N) is 1. The molecule has 25 heavy (non-hydrogen) atoms. The Bertz CT molecular complexity index is 375. The number of aliphatic hydroxyl groups is 1. The van der Waals surface area contributed by atoms with Crippen LogP contribution in [0.5, 0.6) is 0 Å². The molecule has 0 radical (unpaired) electrons. The highest BCUT2D eigenvalue weighted by Gasteiger charge is 2.50. The molecule has 0 saturated heterocycles. The third-order valence-corrected chi connectivity index (χ3v) is 6.60. The van der Waals surface area contributed by atoms with Crippen molar-refractivity contribution in [3.8, 4) is 0 Å². The lowest BCUT2D eigenvalue weighted by Crippen LogP contribution is -2.48. The van der Waals surface area contributed by atoms with E-state index in [1.807, 2.05) is 0 Å². The summed E-state index contributed by atoms with van der Waals surface area (Å²) in [6.45, 7) is 13.3. The van der Waals surface area contributed by atoms with Gasteiger partial charge in [0.15, 0.2) is 0 Å². The van der Waals surface area contributed by atoms with Crippen LogP contribution >= 0.6 is 0 Å². The van der Waals surface area contributed by atoms with Crippen LogP contribution < -0.4 is 0 Å². The van der Waals surface area contributed by atoms with Crippen molar-refractivity contribution in [3.63, 3.8) is 0 Å². The Morgan fingerprint density at radius 2 is 1.36 bits per heavy atom. The summed E-state index contributed by atoms with van der Waals surface area (Å²) in [6, 6.07) is 0. The molecule has 4 rings (SSSR count). The topological polar surface area (TPSA) is 32.7 Å². The lowest BCUT2D eigenvalue weighted by Gasteiger charge is -2.56. The second-order valence-corrected chi connectivity index (χ2v) is 10.6. The van der Waals surface area contributed by atoms with Crippen LogP contribution in [-0.4, -0.2) is 49.0 Å². The Balaban J connectivity index is 1.42. The van der Waals surface area contributed by atoms with Gasteiger partial charge in [0.1, 0.15) is 0 Å². The van der Waals surface area contributed by atoms with Crippen LogP contribution in [0.2, 0.25) is 0 Å². The van der Waals surface area contributed by atoms with Crippen LogP contribution in [0.4, 0.5) is 0 Å². The van der Waals surface area contributed by atoms with Gasteiger partial charge in [-0.3, -0.25) is 0 Å². The van der Waals surface area contributed by atoms with E-state index in [4.69, 9.17) is 4.74 Å². The minimum absolute atomic E-state index is 0.355. The van der Waals surface area contributed by atoms with Crippen LogP contribution in [0.3, 0.4) is 0 Å². The highest BCUT2D eigenvalue weighted by atomic mass is 16.5. The smallest absolute Gasteiger partial charge is 0.0900 e. The minimum atomic E-state index is -0.355. The van der Waals surface area contributed by atoms with Gasteiger partial charge in [0.25, 0.3) is 0 Å². The molecule has 0 aromatic rings. The largest absolute Gasteiger partial charge is 0.389 e. The Morgan fingerprint density at radius 3 is 1.80 bits per heavy atom. The van der Waals surface area contributed by atoms with Crippen LogP contribution in [0, 0.1) is 35.0 Å². The number of aliphatic hydroxyl groups excluding tert-OH is 1. The van der Waals surface area contributed by atoms with Gasteiger partial charge in [-0.1, -0.05) is 27.7 Å². The zero-order chi connectivity index (χ0) is 18.0. The molecule has 4 saturated carbocycles. The second-order valence-electron chi connectivity index (χ2n) is 10.6. The molecule has 0 aliphatic heterocycles. The highest BCUT2D eigenvalue weighted by Crippen LogP contribution is 2.60. The quantitative estimate of drug-likeness (QED) is 0.640. The lowest BCUT2D eigenvalue weighted by atomic mass is 9.50. The Hall–Kier alpha value is -0.120. The van der Waals surface area contributed by atoms with Gasteiger partial charge < -0.3 is 14.7 Å². The van der Waals surface area contributed by atoms with E-state index < -0.39 is 0 Å². The first-order valence-corrected chi connectivity index (χ1v) is 10.8. The second kappa shape index (κ2) is 8.27. The summed E-state index contributed by atoms with van der Waals surface area (Å²) in [4.78, 5) is 2.41. The summed E-state index contributed by atoms with van der Waals surface area (Å²) in [5.74, 6) is 4.21. The van der Waals surface area contributed by atoms with E-state index in [1.54, 1.807) is 0 Å². The predicted octanol–water partition coefficient (Wildman–Crippen LogP) is 4.19. The summed E-state index contributed by atoms with van der Waals surface area (Å²) in [5.41, 5.74) is 0.462. The molecule has 0 amide bonds.